The molecule has 0 bridgehead atoms. The molecule has 0 radical (unpaired) electrons. The van der Waals surface area contributed by atoms with E-state index in [4.69, 9.17) is 0 Å². The van der Waals surface area contributed by atoms with Gasteiger partial charge < -0.3 is 0 Å². The van der Waals surface area contributed by atoms with Gasteiger partial charge in [0.05, 0.1) is 5.75 Å². The standard InChI is InChI=1S/C18H16FNO2S/c19-17-10-8-14(9-11-17)13-23(21,22)20-12-16-6-3-5-15-4-1-2-7-18(15)16/h1-11,20H,12-13H2. The van der Waals surface area contributed by atoms with E-state index in [0.29, 0.717) is 5.56 Å². The first-order valence-corrected chi connectivity index (χ1v) is 8.87. The summed E-state index contributed by atoms with van der Waals surface area (Å²) < 4.78 is 39.9. The summed E-state index contributed by atoms with van der Waals surface area (Å²) in [7, 11) is -3.49. The molecule has 0 amide bonds. The largest absolute Gasteiger partial charge is 0.216 e. The fraction of sp³-hybridized carbons (Fsp3) is 0.111. The predicted molar refractivity (Wildman–Crippen MR) is 89.8 cm³/mol. The Hall–Kier alpha value is -2.24. The molecule has 0 aliphatic heterocycles. The minimum Gasteiger partial charge on any atom is -0.212 e. The van der Waals surface area contributed by atoms with E-state index in [2.05, 4.69) is 4.72 Å². The van der Waals surface area contributed by atoms with Crippen molar-refractivity contribution in [1.82, 2.24) is 4.72 Å². The van der Waals surface area contributed by atoms with Crippen molar-refractivity contribution in [1.29, 1.82) is 0 Å². The third-order valence-electron chi connectivity index (χ3n) is 3.63. The number of hydrogen-bond donors (Lipinski definition) is 1. The monoisotopic (exact) mass is 329 g/mol. The molecule has 0 spiro atoms. The van der Waals surface area contributed by atoms with Gasteiger partial charge in [-0.2, -0.15) is 0 Å². The van der Waals surface area contributed by atoms with Gasteiger partial charge in [0.25, 0.3) is 0 Å². The molecule has 0 unspecified atom stereocenters. The third kappa shape index (κ3) is 3.94. The van der Waals surface area contributed by atoms with Crippen molar-refractivity contribution < 1.29 is 12.8 Å². The van der Waals surface area contributed by atoms with E-state index in [1.165, 1.54) is 24.3 Å². The minimum atomic E-state index is -3.49. The lowest BCUT2D eigenvalue weighted by molar-refractivity contribution is 0.580. The van der Waals surface area contributed by atoms with Crippen molar-refractivity contribution in [2.45, 2.75) is 12.3 Å². The van der Waals surface area contributed by atoms with Crippen LogP contribution in [0.15, 0.2) is 66.7 Å². The predicted octanol–water partition coefficient (Wildman–Crippen LogP) is 3.60. The molecule has 0 saturated carbocycles. The highest BCUT2D eigenvalue weighted by molar-refractivity contribution is 7.88. The van der Waals surface area contributed by atoms with E-state index in [1.807, 2.05) is 42.5 Å². The van der Waals surface area contributed by atoms with Crippen molar-refractivity contribution in [2.24, 2.45) is 0 Å². The molecule has 23 heavy (non-hydrogen) atoms. The molecule has 0 aliphatic carbocycles. The Labute approximate surface area is 134 Å². The average Bonchev–Trinajstić information content (AvgIpc) is 2.55. The van der Waals surface area contributed by atoms with Crippen molar-refractivity contribution in [3.63, 3.8) is 0 Å². The molecular weight excluding hydrogens is 313 g/mol. The number of halogens is 1. The number of nitrogens with one attached hydrogen (secondary N) is 1. The zero-order chi connectivity index (χ0) is 16.3. The molecule has 3 aromatic carbocycles. The number of sulfonamides is 1. The highest BCUT2D eigenvalue weighted by atomic mass is 32.2. The Bertz CT molecular complexity index is 916. The fourth-order valence-corrected chi connectivity index (χ4v) is 3.59. The van der Waals surface area contributed by atoms with Crippen LogP contribution in [0.25, 0.3) is 10.8 Å². The van der Waals surface area contributed by atoms with Gasteiger partial charge in [0.1, 0.15) is 5.82 Å². The Balaban J connectivity index is 1.74. The molecule has 3 nitrogen and oxygen atoms in total. The Kier molecular flexibility index (Phi) is 4.41. The van der Waals surface area contributed by atoms with E-state index in [0.717, 1.165) is 16.3 Å². The molecule has 0 saturated heterocycles. The molecule has 118 valence electrons. The molecule has 0 fully saturated rings. The van der Waals surface area contributed by atoms with Crippen molar-refractivity contribution in [3.05, 3.63) is 83.7 Å². The molecule has 0 heterocycles. The van der Waals surface area contributed by atoms with Crippen LogP contribution in [0.2, 0.25) is 0 Å². The molecule has 0 aliphatic rings. The maximum atomic E-state index is 12.9. The molecule has 3 rings (SSSR count). The van der Waals surface area contributed by atoms with Crippen LogP contribution in [0.3, 0.4) is 0 Å². The van der Waals surface area contributed by atoms with Crippen LogP contribution >= 0.6 is 0 Å². The van der Waals surface area contributed by atoms with E-state index < -0.39 is 10.0 Å². The maximum Gasteiger partial charge on any atom is 0.216 e. The molecule has 3 aromatic rings. The molecule has 1 N–H and O–H groups in total. The summed E-state index contributed by atoms with van der Waals surface area (Å²) in [5, 5.41) is 2.10. The van der Waals surface area contributed by atoms with Gasteiger partial charge in [-0.05, 0) is 34.0 Å². The van der Waals surface area contributed by atoms with Crippen molar-refractivity contribution >= 4 is 20.8 Å². The van der Waals surface area contributed by atoms with Gasteiger partial charge in [0.2, 0.25) is 10.0 Å². The van der Waals surface area contributed by atoms with E-state index in [-0.39, 0.29) is 18.1 Å². The minimum absolute atomic E-state index is 0.169. The summed E-state index contributed by atoms with van der Waals surface area (Å²) in [6.07, 6.45) is 0. The summed E-state index contributed by atoms with van der Waals surface area (Å²) >= 11 is 0. The molecule has 0 aromatic heterocycles. The van der Waals surface area contributed by atoms with Crippen LogP contribution in [-0.2, 0) is 22.3 Å². The second kappa shape index (κ2) is 6.48. The van der Waals surface area contributed by atoms with Crippen LogP contribution in [0.4, 0.5) is 4.39 Å². The van der Waals surface area contributed by atoms with Crippen LogP contribution in [0, 0.1) is 5.82 Å². The molecule has 5 heteroatoms. The smallest absolute Gasteiger partial charge is 0.212 e. The number of rotatable bonds is 5. The normalized spacial score (nSPS) is 11.7. The molecular formula is C18H16FNO2S. The number of benzene rings is 3. The lowest BCUT2D eigenvalue weighted by atomic mass is 10.1. The zero-order valence-corrected chi connectivity index (χ0v) is 13.2. The summed E-state index contributed by atoms with van der Waals surface area (Å²) in [6, 6.07) is 19.1. The SMILES string of the molecule is O=S(=O)(Cc1ccc(F)cc1)NCc1cccc2ccccc12. The van der Waals surface area contributed by atoms with Gasteiger partial charge in [-0.1, -0.05) is 54.6 Å². The highest BCUT2D eigenvalue weighted by Crippen LogP contribution is 2.18. The second-order valence-corrected chi connectivity index (χ2v) is 7.15. The molecule has 0 atom stereocenters. The zero-order valence-electron chi connectivity index (χ0n) is 12.4. The first-order chi connectivity index (χ1) is 11.0. The summed E-state index contributed by atoms with van der Waals surface area (Å²) in [5.41, 5.74) is 1.47. The van der Waals surface area contributed by atoms with Crippen LogP contribution in [-0.4, -0.2) is 8.42 Å². The van der Waals surface area contributed by atoms with Crippen LogP contribution in [0.5, 0.6) is 0 Å². The number of hydrogen-bond acceptors (Lipinski definition) is 2. The quantitative estimate of drug-likeness (QED) is 0.777. The van der Waals surface area contributed by atoms with Crippen molar-refractivity contribution in [2.75, 3.05) is 0 Å². The maximum absolute atomic E-state index is 12.9. The third-order valence-corrected chi connectivity index (χ3v) is 4.93. The van der Waals surface area contributed by atoms with Gasteiger partial charge in [-0.25, -0.2) is 17.5 Å². The van der Waals surface area contributed by atoms with Gasteiger partial charge in [0.15, 0.2) is 0 Å². The topological polar surface area (TPSA) is 46.2 Å². The van der Waals surface area contributed by atoms with E-state index >= 15 is 0 Å². The van der Waals surface area contributed by atoms with Gasteiger partial charge in [-0.3, -0.25) is 0 Å². The number of fused-ring (bicyclic) bond motifs is 1. The van der Waals surface area contributed by atoms with Gasteiger partial charge in [0, 0.05) is 6.54 Å². The van der Waals surface area contributed by atoms with Crippen molar-refractivity contribution in [3.8, 4) is 0 Å². The van der Waals surface area contributed by atoms with E-state index in [9.17, 15) is 12.8 Å². The summed E-state index contributed by atoms with van der Waals surface area (Å²) in [6.45, 7) is 0.227. The van der Waals surface area contributed by atoms with Gasteiger partial charge in [-0.15, -0.1) is 0 Å². The Morgan fingerprint density at radius 3 is 2.35 bits per heavy atom. The van der Waals surface area contributed by atoms with Crippen LogP contribution in [0.1, 0.15) is 11.1 Å². The summed E-state index contributed by atoms with van der Waals surface area (Å²) in [4.78, 5) is 0. The lowest BCUT2D eigenvalue weighted by Crippen LogP contribution is -2.24. The average molecular weight is 329 g/mol. The lowest BCUT2D eigenvalue weighted by Gasteiger charge is -2.09. The first-order valence-electron chi connectivity index (χ1n) is 7.22. The Morgan fingerprint density at radius 2 is 1.57 bits per heavy atom. The highest BCUT2D eigenvalue weighted by Gasteiger charge is 2.12. The fourth-order valence-electron chi connectivity index (χ4n) is 2.49. The first kappa shape index (κ1) is 15.6. The van der Waals surface area contributed by atoms with Crippen LogP contribution < -0.4 is 4.72 Å². The van der Waals surface area contributed by atoms with Gasteiger partial charge >= 0.3 is 0 Å². The summed E-state index contributed by atoms with van der Waals surface area (Å²) in [5.74, 6) is -0.548. The van der Waals surface area contributed by atoms with E-state index in [1.54, 1.807) is 0 Å². The second-order valence-electron chi connectivity index (χ2n) is 5.34. The Morgan fingerprint density at radius 1 is 0.870 bits per heavy atom.